The van der Waals surface area contributed by atoms with Crippen molar-refractivity contribution in [3.05, 3.63) is 69.2 Å². The first-order valence-corrected chi connectivity index (χ1v) is 15.6. The molecule has 14 heteroatoms. The van der Waals surface area contributed by atoms with Gasteiger partial charge in [0.2, 0.25) is 19.9 Å². The summed E-state index contributed by atoms with van der Waals surface area (Å²) in [5.74, 6) is 3.28. The fourth-order valence-electron chi connectivity index (χ4n) is 3.72. The Hall–Kier alpha value is -3.20. The lowest BCUT2D eigenvalue weighted by Gasteiger charge is -2.11. The van der Waals surface area contributed by atoms with E-state index in [1.165, 1.54) is 0 Å². The Bertz CT molecular complexity index is 1470. The highest BCUT2D eigenvalue weighted by Gasteiger charge is 2.09. The monoisotopic (exact) mass is 612 g/mol. The van der Waals surface area contributed by atoms with Crippen LogP contribution in [0.1, 0.15) is 36.8 Å². The predicted molar refractivity (Wildman–Crippen MR) is 165 cm³/mol. The Morgan fingerprint density at radius 3 is 1.57 bits per heavy atom. The molecule has 2 N–H and O–H groups in total. The number of nitrogens with one attached hydrogen (secondary N) is 2. The summed E-state index contributed by atoms with van der Waals surface area (Å²) < 4.78 is 16.3. The van der Waals surface area contributed by atoms with Gasteiger partial charge in [-0.2, -0.15) is 19.6 Å². The summed E-state index contributed by atoms with van der Waals surface area (Å²) >= 11 is 14.0. The number of para-hydroxylation sites is 2. The van der Waals surface area contributed by atoms with E-state index in [4.69, 9.17) is 33.9 Å². The quantitative estimate of drug-likeness (QED) is 0.227. The number of hydrogen-bond acceptors (Lipinski definition) is 10. The molecule has 40 heavy (non-hydrogen) atoms. The lowest BCUT2D eigenvalue weighted by molar-refractivity contribution is 0.266. The maximum absolute atomic E-state index is 6.08. The molecule has 10 nitrogen and oxygen atoms in total. The predicted octanol–water partition coefficient (Wildman–Crippen LogP) is 6.18. The molecule has 0 atom stereocenters. The normalized spacial score (nSPS) is 17.0. The van der Waals surface area contributed by atoms with E-state index in [-0.39, 0.29) is 0 Å². The van der Waals surface area contributed by atoms with Crippen molar-refractivity contribution in [1.82, 2.24) is 29.7 Å². The van der Waals surface area contributed by atoms with Gasteiger partial charge in [0.25, 0.3) is 0 Å². The third-order valence-corrected chi connectivity index (χ3v) is 8.32. The molecular formula is C26H28N8O2S4. The van der Waals surface area contributed by atoms with Crippen LogP contribution in [-0.2, 0) is 0 Å². The molecule has 0 amide bonds. The van der Waals surface area contributed by atoms with Crippen molar-refractivity contribution < 1.29 is 9.47 Å². The largest absolute Gasteiger partial charge is 0.493 e. The number of aromatic nitrogens is 6. The number of aromatic amines is 2. The number of H-pyrrole nitrogens is 2. The summed E-state index contributed by atoms with van der Waals surface area (Å²) in [7, 11) is 0. The molecule has 0 aliphatic carbocycles. The zero-order valence-electron chi connectivity index (χ0n) is 21.6. The molecule has 0 radical (unpaired) electrons. The Balaban J connectivity index is 1.33. The summed E-state index contributed by atoms with van der Waals surface area (Å²) in [4.78, 5) is 0. The van der Waals surface area contributed by atoms with Crippen molar-refractivity contribution in [3.8, 4) is 11.5 Å². The van der Waals surface area contributed by atoms with E-state index in [2.05, 4.69) is 30.6 Å². The lowest BCUT2D eigenvalue weighted by atomic mass is 10.2. The Morgan fingerprint density at radius 2 is 1.10 bits per heavy atom. The Kier molecular flexibility index (Phi) is 10.2. The summed E-state index contributed by atoms with van der Waals surface area (Å²) in [6.07, 6.45) is 7.15. The first-order chi connectivity index (χ1) is 19.7. The number of hydrogen-bond donors (Lipinski definition) is 2. The van der Waals surface area contributed by atoms with Crippen LogP contribution >= 0.6 is 48.0 Å². The van der Waals surface area contributed by atoms with Crippen molar-refractivity contribution in [1.29, 1.82) is 0 Å². The van der Waals surface area contributed by atoms with E-state index in [0.717, 1.165) is 70.1 Å². The van der Waals surface area contributed by atoms with E-state index >= 15 is 0 Å². The van der Waals surface area contributed by atoms with Gasteiger partial charge in [0, 0.05) is 22.6 Å². The van der Waals surface area contributed by atoms with E-state index < -0.39 is 0 Å². The molecule has 2 aromatic carbocycles. The van der Waals surface area contributed by atoms with E-state index in [9.17, 15) is 0 Å². The van der Waals surface area contributed by atoms with Crippen molar-refractivity contribution >= 4 is 60.4 Å². The highest BCUT2D eigenvalue weighted by molar-refractivity contribution is 7.99. The van der Waals surface area contributed by atoms with Gasteiger partial charge in [-0.25, -0.2) is 10.2 Å². The van der Waals surface area contributed by atoms with E-state index in [1.807, 2.05) is 48.5 Å². The zero-order valence-corrected chi connectivity index (χ0v) is 24.8. The van der Waals surface area contributed by atoms with Crippen LogP contribution in [0.4, 0.5) is 0 Å². The third kappa shape index (κ3) is 7.50. The van der Waals surface area contributed by atoms with Gasteiger partial charge in [-0.1, -0.05) is 47.8 Å². The highest BCUT2D eigenvalue weighted by Crippen LogP contribution is 2.22. The minimum absolute atomic E-state index is 0.444. The second kappa shape index (κ2) is 14.4. The third-order valence-electron chi connectivity index (χ3n) is 5.76. The molecule has 0 bridgehead atoms. The molecule has 4 aromatic rings. The Labute approximate surface area is 250 Å². The van der Waals surface area contributed by atoms with Crippen molar-refractivity contribution in [3.63, 3.8) is 0 Å². The van der Waals surface area contributed by atoms with Crippen LogP contribution in [0.2, 0.25) is 0 Å². The van der Waals surface area contributed by atoms with E-state index in [0.29, 0.717) is 22.8 Å². The smallest absolute Gasteiger partial charge is 0.217 e. The second-order valence-electron chi connectivity index (χ2n) is 8.62. The molecule has 0 spiro atoms. The first-order valence-electron chi connectivity index (χ1n) is 12.8. The number of rotatable bonds is 0. The number of benzene rings is 2. The number of thioether (sulfide) groups is 2. The fraction of sp³-hybridized carbons (Fsp3) is 0.308. The number of ether oxygens (including phenoxy) is 2. The zero-order chi connectivity index (χ0) is 27.6. The lowest BCUT2D eigenvalue weighted by Crippen LogP contribution is -2.05. The Morgan fingerprint density at radius 1 is 0.650 bits per heavy atom. The van der Waals surface area contributed by atoms with Crippen molar-refractivity contribution in [2.24, 2.45) is 10.2 Å². The van der Waals surface area contributed by atoms with Gasteiger partial charge in [0.05, 0.1) is 25.6 Å². The average Bonchev–Trinajstić information content (AvgIpc) is 3.51. The molecule has 1 aliphatic rings. The molecule has 208 valence electrons. The number of nitrogens with zero attached hydrogens (tertiary/aromatic N) is 6. The molecule has 0 saturated heterocycles. The van der Waals surface area contributed by atoms with Crippen LogP contribution in [0.5, 0.6) is 11.5 Å². The summed E-state index contributed by atoms with van der Waals surface area (Å²) in [6.45, 7) is 1.12. The maximum atomic E-state index is 6.08. The van der Waals surface area contributed by atoms with Crippen molar-refractivity contribution in [2.45, 2.75) is 36.0 Å². The molecule has 1 aliphatic heterocycles. The van der Waals surface area contributed by atoms with Crippen LogP contribution in [0.15, 0.2) is 69.0 Å². The van der Waals surface area contributed by atoms with Crippen LogP contribution in [0, 0.1) is 9.54 Å². The topological polar surface area (TPSA) is 110 Å². The molecule has 5 rings (SSSR count). The molecular weight excluding hydrogens is 585 g/mol. The van der Waals surface area contributed by atoms with Crippen molar-refractivity contribution in [2.75, 3.05) is 24.7 Å². The van der Waals surface area contributed by atoms with Gasteiger partial charge in [-0.05, 0) is 74.4 Å². The SMILES string of the molecule is S=c1[nH]nc2n1/N=C/c1ccccc1OCCCCOc1ccccc1/C=N/n1c(n[nH]c1=S)SCCCCS2. The van der Waals surface area contributed by atoms with Crippen LogP contribution in [0.3, 0.4) is 0 Å². The second-order valence-corrected chi connectivity index (χ2v) is 11.5. The van der Waals surface area contributed by atoms with Gasteiger partial charge in [-0.3, -0.25) is 0 Å². The summed E-state index contributed by atoms with van der Waals surface area (Å²) in [5, 5.41) is 25.0. The fourth-order valence-corrected chi connectivity index (χ4v) is 6.00. The molecule has 2 aromatic heterocycles. The summed E-state index contributed by atoms with van der Waals surface area (Å²) in [5.41, 5.74) is 1.74. The molecule has 3 heterocycles. The van der Waals surface area contributed by atoms with E-state index in [1.54, 1.807) is 45.3 Å². The molecule has 0 saturated carbocycles. The van der Waals surface area contributed by atoms with Gasteiger partial charge >= 0.3 is 0 Å². The van der Waals surface area contributed by atoms with Crippen LogP contribution < -0.4 is 9.47 Å². The van der Waals surface area contributed by atoms with Gasteiger partial charge in [-0.15, -0.1) is 10.2 Å². The number of fused-ring (bicyclic) bond motifs is 4. The van der Waals surface area contributed by atoms with Gasteiger partial charge < -0.3 is 9.47 Å². The van der Waals surface area contributed by atoms with Gasteiger partial charge in [0.1, 0.15) is 11.5 Å². The minimum Gasteiger partial charge on any atom is -0.493 e. The highest BCUT2D eigenvalue weighted by atomic mass is 32.2. The summed E-state index contributed by atoms with van der Waals surface area (Å²) in [6, 6.07) is 15.6. The first kappa shape index (κ1) is 28.3. The average molecular weight is 613 g/mol. The maximum Gasteiger partial charge on any atom is 0.217 e. The minimum atomic E-state index is 0.444. The molecule has 0 fully saturated rings. The van der Waals surface area contributed by atoms with Crippen LogP contribution in [-0.4, -0.2) is 66.9 Å². The van der Waals surface area contributed by atoms with Crippen LogP contribution in [0.25, 0.3) is 0 Å². The molecule has 0 unspecified atom stereocenters. The van der Waals surface area contributed by atoms with Gasteiger partial charge in [0.15, 0.2) is 0 Å². The standard InChI is InChI=1S/C26H28N8O2S4/c37-23-29-31-25-33(23)27-17-19-9-1-3-11-21(19)35-13-5-6-14-36-22-12-4-2-10-20(22)18-28-34-24(38)30-32-26(34)40-16-8-7-15-39-25/h1-4,9-12,17-18H,5-8,13-16H2,(H,29,37)(H,30,38)/b27-17+,28-18+.